The van der Waals surface area contributed by atoms with Gasteiger partial charge in [-0.3, -0.25) is 4.79 Å². The van der Waals surface area contributed by atoms with Crippen LogP contribution >= 0.6 is 36.4 Å². The predicted octanol–water partition coefficient (Wildman–Crippen LogP) is 6.32. The van der Waals surface area contributed by atoms with E-state index < -0.39 is 0 Å². The lowest BCUT2D eigenvalue weighted by molar-refractivity contribution is 0.102. The molecule has 2 aromatic heterocycles. The SMILES string of the molecule is Cc1cccc2c(N[C@@H](C)c3ccc(NC(=O)c4ccc(Cl)nc4)cc3)nc(N(C)C)nc12.Cl.Cl. The lowest BCUT2D eigenvalue weighted by atomic mass is 10.1. The Bertz CT molecular complexity index is 1300. The molecule has 0 radical (unpaired) electrons. The number of aromatic nitrogens is 3. The van der Waals surface area contributed by atoms with E-state index in [0.717, 1.165) is 27.8 Å². The number of benzene rings is 2. The van der Waals surface area contributed by atoms with Crippen LogP contribution in [0, 0.1) is 6.92 Å². The van der Waals surface area contributed by atoms with Crippen LogP contribution in [0.3, 0.4) is 0 Å². The van der Waals surface area contributed by atoms with Gasteiger partial charge in [-0.15, -0.1) is 24.8 Å². The van der Waals surface area contributed by atoms with Crippen LogP contribution in [0.2, 0.25) is 5.15 Å². The molecule has 4 rings (SSSR count). The van der Waals surface area contributed by atoms with E-state index in [2.05, 4.69) is 35.5 Å². The Hall–Kier alpha value is -3.13. The summed E-state index contributed by atoms with van der Waals surface area (Å²) in [6.45, 7) is 4.13. The molecule has 1 amide bonds. The summed E-state index contributed by atoms with van der Waals surface area (Å²) in [6.07, 6.45) is 1.45. The lowest BCUT2D eigenvalue weighted by Crippen LogP contribution is -2.16. The first-order valence-corrected chi connectivity index (χ1v) is 10.9. The topological polar surface area (TPSA) is 83.0 Å². The smallest absolute Gasteiger partial charge is 0.257 e. The minimum absolute atomic E-state index is 0. The average molecular weight is 534 g/mol. The van der Waals surface area contributed by atoms with E-state index in [9.17, 15) is 4.79 Å². The van der Waals surface area contributed by atoms with Crippen molar-refractivity contribution in [2.45, 2.75) is 19.9 Å². The van der Waals surface area contributed by atoms with Gasteiger partial charge in [0.15, 0.2) is 0 Å². The zero-order chi connectivity index (χ0) is 23.5. The summed E-state index contributed by atoms with van der Waals surface area (Å²) in [6, 6.07) is 17.0. The summed E-state index contributed by atoms with van der Waals surface area (Å²) in [7, 11) is 3.86. The standard InChI is InChI=1S/C25H25ClN6O.2ClH/c1-15-6-5-7-20-22(15)30-25(32(3)4)31-23(20)28-16(2)17-8-11-19(12-9-17)29-24(33)18-10-13-21(26)27-14-18;;/h5-14,16H,1-4H3,(H,29,33)(H,28,30,31);2*1H/t16-;;/m0../s1. The van der Waals surface area contributed by atoms with E-state index in [1.165, 1.54) is 6.20 Å². The Morgan fingerprint density at radius 3 is 2.34 bits per heavy atom. The molecule has 0 aliphatic carbocycles. The molecule has 0 fully saturated rings. The molecule has 184 valence electrons. The summed E-state index contributed by atoms with van der Waals surface area (Å²) in [4.78, 5) is 27.7. The van der Waals surface area contributed by atoms with E-state index in [0.29, 0.717) is 22.4 Å². The zero-order valence-electron chi connectivity index (χ0n) is 19.7. The molecule has 2 N–H and O–H groups in total. The van der Waals surface area contributed by atoms with Crippen molar-refractivity contribution in [2.24, 2.45) is 0 Å². The molecule has 7 nitrogen and oxygen atoms in total. The largest absolute Gasteiger partial charge is 0.363 e. The first-order valence-electron chi connectivity index (χ1n) is 10.6. The van der Waals surface area contributed by atoms with Gasteiger partial charge in [-0.2, -0.15) is 4.98 Å². The van der Waals surface area contributed by atoms with Crippen LogP contribution in [-0.4, -0.2) is 35.0 Å². The molecule has 10 heteroatoms. The van der Waals surface area contributed by atoms with Crippen molar-refractivity contribution in [1.29, 1.82) is 0 Å². The monoisotopic (exact) mass is 532 g/mol. The molecule has 0 unspecified atom stereocenters. The third-order valence-electron chi connectivity index (χ3n) is 5.33. The van der Waals surface area contributed by atoms with Crippen LogP contribution < -0.4 is 15.5 Å². The molecule has 0 saturated carbocycles. The number of pyridine rings is 1. The molecule has 0 saturated heterocycles. The number of amides is 1. The summed E-state index contributed by atoms with van der Waals surface area (Å²) >= 11 is 5.79. The van der Waals surface area contributed by atoms with E-state index in [1.807, 2.05) is 55.4 Å². The Balaban J connectivity index is 0.00000216. The van der Waals surface area contributed by atoms with Gasteiger partial charge in [0.2, 0.25) is 5.95 Å². The maximum atomic E-state index is 12.4. The summed E-state index contributed by atoms with van der Waals surface area (Å²) in [5, 5.41) is 7.73. The number of anilines is 3. The number of hydrogen-bond acceptors (Lipinski definition) is 6. The van der Waals surface area contributed by atoms with Gasteiger partial charge in [-0.1, -0.05) is 35.9 Å². The predicted molar refractivity (Wildman–Crippen MR) is 149 cm³/mol. The van der Waals surface area contributed by atoms with Crippen molar-refractivity contribution in [3.05, 3.63) is 82.6 Å². The average Bonchev–Trinajstić information content (AvgIpc) is 2.80. The second-order valence-electron chi connectivity index (χ2n) is 8.05. The van der Waals surface area contributed by atoms with E-state index in [1.54, 1.807) is 12.1 Å². The molecule has 0 spiro atoms. The quantitative estimate of drug-likeness (QED) is 0.282. The maximum absolute atomic E-state index is 12.4. The molecule has 0 bridgehead atoms. The number of para-hydroxylation sites is 1. The summed E-state index contributed by atoms with van der Waals surface area (Å²) in [5.41, 5.74) is 4.24. The molecular weight excluding hydrogens is 507 g/mol. The number of carbonyl (C=O) groups is 1. The van der Waals surface area contributed by atoms with Crippen LogP contribution in [0.1, 0.15) is 34.5 Å². The van der Waals surface area contributed by atoms with E-state index >= 15 is 0 Å². The van der Waals surface area contributed by atoms with Crippen LogP contribution in [0.5, 0.6) is 0 Å². The third kappa shape index (κ3) is 6.51. The van der Waals surface area contributed by atoms with Crippen LogP contribution in [0.4, 0.5) is 17.5 Å². The first-order chi connectivity index (χ1) is 15.8. The first kappa shape index (κ1) is 28.1. The fourth-order valence-electron chi connectivity index (χ4n) is 3.45. The fraction of sp³-hybridized carbons (Fsp3) is 0.200. The molecule has 2 aromatic carbocycles. The van der Waals surface area contributed by atoms with Gasteiger partial charge in [0.1, 0.15) is 11.0 Å². The highest BCUT2D eigenvalue weighted by atomic mass is 35.5. The fourth-order valence-corrected chi connectivity index (χ4v) is 3.56. The Labute approximate surface area is 222 Å². The molecule has 1 atom stereocenters. The summed E-state index contributed by atoms with van der Waals surface area (Å²) < 4.78 is 0. The molecule has 2 heterocycles. The van der Waals surface area contributed by atoms with Crippen molar-refractivity contribution in [1.82, 2.24) is 15.0 Å². The van der Waals surface area contributed by atoms with Gasteiger partial charge in [0.05, 0.1) is 11.1 Å². The van der Waals surface area contributed by atoms with Crippen molar-refractivity contribution in [2.75, 3.05) is 29.6 Å². The number of halogens is 3. The maximum Gasteiger partial charge on any atom is 0.257 e. The number of fused-ring (bicyclic) bond motifs is 1. The molecule has 0 aliphatic rings. The summed E-state index contributed by atoms with van der Waals surface area (Å²) in [5.74, 6) is 1.20. The highest BCUT2D eigenvalue weighted by molar-refractivity contribution is 6.29. The minimum Gasteiger partial charge on any atom is -0.363 e. The van der Waals surface area contributed by atoms with Gasteiger partial charge in [0, 0.05) is 37.4 Å². The van der Waals surface area contributed by atoms with Crippen molar-refractivity contribution < 1.29 is 4.79 Å². The van der Waals surface area contributed by atoms with Crippen LogP contribution in [0.25, 0.3) is 10.9 Å². The van der Waals surface area contributed by atoms with Gasteiger partial charge >= 0.3 is 0 Å². The Morgan fingerprint density at radius 2 is 1.71 bits per heavy atom. The Kier molecular flexibility index (Phi) is 9.65. The minimum atomic E-state index is -0.239. The number of hydrogen-bond donors (Lipinski definition) is 2. The molecule has 4 aromatic rings. The van der Waals surface area contributed by atoms with Crippen LogP contribution in [0.15, 0.2) is 60.8 Å². The normalized spacial score (nSPS) is 11.1. The Morgan fingerprint density at radius 1 is 1.00 bits per heavy atom. The van der Waals surface area contributed by atoms with Gasteiger partial charge in [0.25, 0.3) is 5.91 Å². The highest BCUT2D eigenvalue weighted by Gasteiger charge is 2.14. The second kappa shape index (κ2) is 12.0. The van der Waals surface area contributed by atoms with Crippen molar-refractivity contribution >= 4 is 70.7 Å². The second-order valence-corrected chi connectivity index (χ2v) is 8.44. The van der Waals surface area contributed by atoms with E-state index in [-0.39, 0.29) is 36.8 Å². The van der Waals surface area contributed by atoms with Crippen LogP contribution in [-0.2, 0) is 0 Å². The number of carbonyl (C=O) groups excluding carboxylic acids is 1. The third-order valence-corrected chi connectivity index (χ3v) is 5.55. The van der Waals surface area contributed by atoms with Gasteiger partial charge in [-0.25, -0.2) is 9.97 Å². The molecule has 0 aliphatic heterocycles. The lowest BCUT2D eigenvalue weighted by Gasteiger charge is -2.19. The van der Waals surface area contributed by atoms with Crippen molar-refractivity contribution in [3.8, 4) is 0 Å². The highest BCUT2D eigenvalue weighted by Crippen LogP contribution is 2.28. The van der Waals surface area contributed by atoms with Gasteiger partial charge < -0.3 is 15.5 Å². The van der Waals surface area contributed by atoms with Gasteiger partial charge in [-0.05, 0) is 55.3 Å². The number of aryl methyl sites for hydroxylation is 1. The zero-order valence-corrected chi connectivity index (χ0v) is 22.1. The number of rotatable bonds is 6. The number of nitrogens with zero attached hydrogens (tertiary/aromatic N) is 4. The van der Waals surface area contributed by atoms with Crippen molar-refractivity contribution in [3.63, 3.8) is 0 Å². The molecular formula is C25H27Cl3N6O. The van der Waals surface area contributed by atoms with E-state index in [4.69, 9.17) is 21.6 Å². The number of nitrogens with one attached hydrogen (secondary N) is 2. The molecule has 35 heavy (non-hydrogen) atoms.